The van der Waals surface area contributed by atoms with Crippen molar-refractivity contribution >= 4 is 26.4 Å². The molecule has 1 aromatic heterocycles. The molecule has 4 nitrogen and oxygen atoms in total. The molecule has 160 valence electrons. The summed E-state index contributed by atoms with van der Waals surface area (Å²) in [5.41, 5.74) is 8.02. The van der Waals surface area contributed by atoms with Gasteiger partial charge < -0.3 is 9.47 Å². The second-order valence-electron chi connectivity index (χ2n) is 8.38. The number of aromatic nitrogens is 1. The average Bonchev–Trinajstić information content (AvgIpc) is 2.97. The molecule has 4 rings (SSSR count). The van der Waals surface area contributed by atoms with E-state index in [0.29, 0.717) is 4.90 Å². The molecule has 0 spiro atoms. The first-order chi connectivity index (χ1) is 14.6. The highest BCUT2D eigenvalue weighted by atomic mass is 32.2. The van der Waals surface area contributed by atoms with Gasteiger partial charge in [0.05, 0.1) is 4.90 Å². The minimum absolute atomic E-state index is 0.365. The third-order valence-electron chi connectivity index (χ3n) is 6.10. The Bertz CT molecular complexity index is 1400. The van der Waals surface area contributed by atoms with E-state index in [4.69, 9.17) is 0 Å². The van der Waals surface area contributed by atoms with Crippen LogP contribution in [0.2, 0.25) is 0 Å². The van der Waals surface area contributed by atoms with Crippen LogP contribution in [-0.4, -0.2) is 33.3 Å². The van der Waals surface area contributed by atoms with Gasteiger partial charge in [0.1, 0.15) is 0 Å². The van der Waals surface area contributed by atoms with Crippen molar-refractivity contribution in [2.24, 2.45) is 7.05 Å². The van der Waals surface area contributed by atoms with Gasteiger partial charge in [-0.05, 0) is 54.8 Å². The summed E-state index contributed by atoms with van der Waals surface area (Å²) in [5.74, 6) is 0. The number of benzene rings is 3. The summed E-state index contributed by atoms with van der Waals surface area (Å²) in [6.07, 6.45) is 1.29. The van der Waals surface area contributed by atoms with E-state index in [0.717, 1.165) is 50.1 Å². The van der Waals surface area contributed by atoms with Gasteiger partial charge in [-0.1, -0.05) is 36.4 Å². The fraction of sp³-hybridized carbons (Fsp3) is 0.231. The Morgan fingerprint density at radius 3 is 2.06 bits per heavy atom. The van der Waals surface area contributed by atoms with Crippen molar-refractivity contribution < 1.29 is 8.42 Å². The van der Waals surface area contributed by atoms with Gasteiger partial charge in [-0.2, -0.15) is 0 Å². The SMILES string of the molecule is Cc1ccc(S(C)(=O)=O)c(-c2c(C)n(C)c3ccccc23)c1-c1ccc(N(C)C)cc1. The summed E-state index contributed by atoms with van der Waals surface area (Å²) in [5, 5.41) is 1.06. The molecule has 0 aliphatic heterocycles. The topological polar surface area (TPSA) is 42.3 Å². The Morgan fingerprint density at radius 1 is 0.806 bits per heavy atom. The molecule has 0 bridgehead atoms. The van der Waals surface area contributed by atoms with Crippen molar-refractivity contribution in [1.29, 1.82) is 0 Å². The van der Waals surface area contributed by atoms with E-state index in [-0.39, 0.29) is 0 Å². The van der Waals surface area contributed by atoms with Crippen molar-refractivity contribution in [1.82, 2.24) is 4.57 Å². The van der Waals surface area contributed by atoms with Crippen molar-refractivity contribution in [3.05, 3.63) is 71.9 Å². The zero-order valence-electron chi connectivity index (χ0n) is 18.9. The summed E-state index contributed by atoms with van der Waals surface area (Å²) >= 11 is 0. The minimum atomic E-state index is -3.44. The van der Waals surface area contributed by atoms with E-state index in [2.05, 4.69) is 52.8 Å². The molecule has 0 saturated heterocycles. The molecule has 3 aromatic carbocycles. The molecule has 0 atom stereocenters. The maximum Gasteiger partial charge on any atom is 0.176 e. The smallest absolute Gasteiger partial charge is 0.176 e. The van der Waals surface area contributed by atoms with Gasteiger partial charge in [0.2, 0.25) is 0 Å². The van der Waals surface area contributed by atoms with Gasteiger partial charge in [0.15, 0.2) is 9.84 Å². The molecule has 0 saturated carbocycles. The van der Waals surface area contributed by atoms with Crippen LogP contribution in [0.1, 0.15) is 11.3 Å². The molecule has 0 fully saturated rings. The Kier molecular flexibility index (Phi) is 5.18. The molecule has 0 aliphatic carbocycles. The predicted molar refractivity (Wildman–Crippen MR) is 131 cm³/mol. The van der Waals surface area contributed by atoms with Gasteiger partial charge in [0, 0.05) is 60.8 Å². The van der Waals surface area contributed by atoms with Gasteiger partial charge in [0.25, 0.3) is 0 Å². The average molecular weight is 433 g/mol. The zero-order valence-corrected chi connectivity index (χ0v) is 19.7. The molecule has 4 aromatic rings. The lowest BCUT2D eigenvalue weighted by Crippen LogP contribution is -2.08. The number of hydrogen-bond donors (Lipinski definition) is 0. The highest BCUT2D eigenvalue weighted by Gasteiger charge is 2.25. The molecular formula is C26H28N2O2S. The van der Waals surface area contributed by atoms with E-state index in [1.807, 2.05) is 46.3 Å². The quantitative estimate of drug-likeness (QED) is 0.422. The van der Waals surface area contributed by atoms with Crippen LogP contribution < -0.4 is 4.90 Å². The van der Waals surface area contributed by atoms with Gasteiger partial charge >= 0.3 is 0 Å². The first kappa shape index (κ1) is 21.2. The second kappa shape index (κ2) is 7.57. The van der Waals surface area contributed by atoms with Crippen molar-refractivity contribution in [3.63, 3.8) is 0 Å². The maximum absolute atomic E-state index is 12.9. The summed E-state index contributed by atoms with van der Waals surface area (Å²) < 4.78 is 27.9. The predicted octanol–water partition coefficient (Wildman–Crippen LogP) is 5.60. The van der Waals surface area contributed by atoms with E-state index >= 15 is 0 Å². The number of anilines is 1. The Balaban J connectivity index is 2.16. The number of sulfone groups is 1. The molecule has 0 amide bonds. The third-order valence-corrected chi connectivity index (χ3v) is 7.24. The van der Waals surface area contributed by atoms with E-state index < -0.39 is 9.84 Å². The van der Waals surface area contributed by atoms with Crippen LogP contribution in [0.15, 0.2) is 65.6 Å². The Morgan fingerprint density at radius 2 is 1.45 bits per heavy atom. The third kappa shape index (κ3) is 3.53. The van der Waals surface area contributed by atoms with Crippen LogP contribution in [0.5, 0.6) is 0 Å². The Labute approximate surface area is 184 Å². The molecule has 5 heteroatoms. The molecule has 31 heavy (non-hydrogen) atoms. The summed E-state index contributed by atoms with van der Waals surface area (Å²) in [4.78, 5) is 2.42. The van der Waals surface area contributed by atoms with Gasteiger partial charge in [-0.25, -0.2) is 8.42 Å². The lowest BCUT2D eigenvalue weighted by molar-refractivity contribution is 0.602. The maximum atomic E-state index is 12.9. The number of rotatable bonds is 4. The van der Waals surface area contributed by atoms with E-state index in [9.17, 15) is 8.42 Å². The zero-order chi connectivity index (χ0) is 22.5. The minimum Gasteiger partial charge on any atom is -0.378 e. The summed E-state index contributed by atoms with van der Waals surface area (Å²) in [6.45, 7) is 4.11. The summed E-state index contributed by atoms with van der Waals surface area (Å²) in [7, 11) is 2.60. The molecule has 0 unspecified atom stereocenters. The Hall–Kier alpha value is -3.05. The molecule has 1 heterocycles. The molecule has 0 aliphatic rings. The summed E-state index contributed by atoms with van der Waals surface area (Å²) in [6, 6.07) is 20.1. The standard InChI is InChI=1S/C26H28N2O2S/c1-17-11-16-23(31(6,29)30)26(24(17)19-12-14-20(15-13-19)27(3)4)25-18(2)28(5)22-10-8-7-9-21(22)25/h7-16H,1-6H3. The van der Waals surface area contributed by atoms with E-state index in [1.54, 1.807) is 6.07 Å². The number of hydrogen-bond acceptors (Lipinski definition) is 3. The second-order valence-corrected chi connectivity index (χ2v) is 10.4. The van der Waals surface area contributed by atoms with Crippen molar-refractivity contribution in [2.75, 3.05) is 25.3 Å². The highest BCUT2D eigenvalue weighted by Crippen LogP contribution is 2.44. The number of para-hydroxylation sites is 1. The van der Waals surface area contributed by atoms with Crippen LogP contribution in [0.25, 0.3) is 33.2 Å². The van der Waals surface area contributed by atoms with E-state index in [1.165, 1.54) is 6.26 Å². The van der Waals surface area contributed by atoms with Crippen LogP contribution in [0, 0.1) is 13.8 Å². The lowest BCUT2D eigenvalue weighted by atomic mass is 9.89. The molecular weight excluding hydrogens is 404 g/mol. The molecule has 0 N–H and O–H groups in total. The first-order valence-corrected chi connectivity index (χ1v) is 12.2. The van der Waals surface area contributed by atoms with Gasteiger partial charge in [-0.3, -0.25) is 0 Å². The lowest BCUT2D eigenvalue weighted by Gasteiger charge is -2.19. The van der Waals surface area contributed by atoms with Crippen molar-refractivity contribution in [3.8, 4) is 22.3 Å². The normalized spacial score (nSPS) is 11.8. The van der Waals surface area contributed by atoms with Crippen molar-refractivity contribution in [2.45, 2.75) is 18.7 Å². The number of nitrogens with zero attached hydrogens (tertiary/aromatic N) is 2. The van der Waals surface area contributed by atoms with Crippen LogP contribution in [-0.2, 0) is 16.9 Å². The number of aryl methyl sites for hydroxylation is 2. The fourth-order valence-electron chi connectivity index (χ4n) is 4.38. The molecule has 0 radical (unpaired) electrons. The van der Waals surface area contributed by atoms with Gasteiger partial charge in [-0.15, -0.1) is 0 Å². The van der Waals surface area contributed by atoms with Crippen LogP contribution in [0.3, 0.4) is 0 Å². The number of fused-ring (bicyclic) bond motifs is 1. The largest absolute Gasteiger partial charge is 0.378 e. The fourth-order valence-corrected chi connectivity index (χ4v) is 5.27. The first-order valence-electron chi connectivity index (χ1n) is 10.3. The highest BCUT2D eigenvalue weighted by molar-refractivity contribution is 7.90. The van der Waals surface area contributed by atoms with Crippen LogP contribution >= 0.6 is 0 Å². The monoisotopic (exact) mass is 432 g/mol. The van der Waals surface area contributed by atoms with Crippen LogP contribution in [0.4, 0.5) is 5.69 Å².